The summed E-state index contributed by atoms with van der Waals surface area (Å²) < 4.78 is 5.09. The van der Waals surface area contributed by atoms with E-state index in [-0.39, 0.29) is 22.7 Å². The number of hydrogen-bond donors (Lipinski definition) is 0. The lowest BCUT2D eigenvalue weighted by Gasteiger charge is -2.58. The Morgan fingerprint density at radius 1 is 1.37 bits per heavy atom. The Morgan fingerprint density at radius 3 is 2.58 bits per heavy atom. The number of carbonyl (C=O) groups is 1. The van der Waals surface area contributed by atoms with E-state index < -0.39 is 0 Å². The third-order valence-corrected chi connectivity index (χ3v) is 6.31. The van der Waals surface area contributed by atoms with Crippen LogP contribution in [0.5, 0.6) is 0 Å². The van der Waals surface area contributed by atoms with Crippen molar-refractivity contribution in [2.45, 2.75) is 53.9 Å². The number of carbonyl (C=O) groups excluding carboxylic acids is 1. The molecule has 1 saturated carbocycles. The van der Waals surface area contributed by atoms with Crippen LogP contribution in [0.3, 0.4) is 0 Å². The fraction of sp³-hybridized carbons (Fsp3) is 0.824. The monoisotopic (exact) mass is 264 g/mol. The summed E-state index contributed by atoms with van der Waals surface area (Å²) in [5.41, 5.74) is 1.55. The fourth-order valence-electron chi connectivity index (χ4n) is 4.70. The predicted molar refractivity (Wildman–Crippen MR) is 77.7 cm³/mol. The molecule has 0 saturated heterocycles. The number of fused-ring (bicyclic) bond motifs is 1. The van der Waals surface area contributed by atoms with Crippen LogP contribution in [0.4, 0.5) is 0 Å². The molecule has 0 bridgehead atoms. The van der Waals surface area contributed by atoms with Crippen LogP contribution in [0.1, 0.15) is 53.9 Å². The Balaban J connectivity index is 2.46. The molecule has 4 unspecified atom stereocenters. The number of methoxy groups -OCH3 is 1. The SMILES string of the molecule is COC(=O)C1C(C)=CCC2C(C)(C)C(C)CCC12C. The van der Waals surface area contributed by atoms with Gasteiger partial charge >= 0.3 is 5.97 Å². The lowest BCUT2D eigenvalue weighted by Crippen LogP contribution is -2.53. The van der Waals surface area contributed by atoms with Crippen molar-refractivity contribution in [2.24, 2.45) is 28.6 Å². The highest BCUT2D eigenvalue weighted by Crippen LogP contribution is 2.61. The first-order valence-electron chi connectivity index (χ1n) is 7.49. The molecule has 0 aliphatic heterocycles. The maximum atomic E-state index is 12.3. The van der Waals surface area contributed by atoms with Crippen LogP contribution in [0, 0.1) is 28.6 Å². The van der Waals surface area contributed by atoms with Crippen molar-refractivity contribution in [1.82, 2.24) is 0 Å². The smallest absolute Gasteiger partial charge is 0.313 e. The van der Waals surface area contributed by atoms with Crippen LogP contribution in [-0.4, -0.2) is 13.1 Å². The molecule has 2 heteroatoms. The van der Waals surface area contributed by atoms with Gasteiger partial charge in [0.15, 0.2) is 0 Å². The summed E-state index contributed by atoms with van der Waals surface area (Å²) in [5, 5.41) is 0. The van der Waals surface area contributed by atoms with Crippen LogP contribution in [-0.2, 0) is 9.53 Å². The topological polar surface area (TPSA) is 26.3 Å². The minimum absolute atomic E-state index is 0.0497. The zero-order valence-corrected chi connectivity index (χ0v) is 13.2. The van der Waals surface area contributed by atoms with Crippen LogP contribution in [0.15, 0.2) is 11.6 Å². The second-order valence-electron chi connectivity index (χ2n) is 7.46. The molecule has 2 aliphatic rings. The Bertz CT molecular complexity index is 407. The molecule has 0 amide bonds. The van der Waals surface area contributed by atoms with Gasteiger partial charge in [-0.05, 0) is 48.9 Å². The highest BCUT2D eigenvalue weighted by Gasteiger charge is 2.56. The summed E-state index contributed by atoms with van der Waals surface area (Å²) in [5.74, 6) is 1.18. The number of ether oxygens (including phenoxy) is 1. The molecule has 0 radical (unpaired) electrons. The molecule has 0 spiro atoms. The molecule has 4 atom stereocenters. The zero-order valence-electron chi connectivity index (χ0n) is 13.2. The van der Waals surface area contributed by atoms with Crippen LogP contribution in [0.25, 0.3) is 0 Å². The van der Waals surface area contributed by atoms with E-state index in [9.17, 15) is 4.79 Å². The van der Waals surface area contributed by atoms with Crippen molar-refractivity contribution in [3.63, 3.8) is 0 Å². The minimum Gasteiger partial charge on any atom is -0.469 e. The third kappa shape index (κ3) is 2.04. The van der Waals surface area contributed by atoms with Crippen molar-refractivity contribution in [3.8, 4) is 0 Å². The van der Waals surface area contributed by atoms with Crippen LogP contribution in [0.2, 0.25) is 0 Å². The molecule has 0 N–H and O–H groups in total. The molecule has 2 rings (SSSR count). The van der Waals surface area contributed by atoms with Crippen LogP contribution >= 0.6 is 0 Å². The lowest BCUT2D eigenvalue weighted by molar-refractivity contribution is -0.156. The molecule has 108 valence electrons. The zero-order chi connectivity index (χ0) is 14.4. The Labute approximate surface area is 117 Å². The van der Waals surface area contributed by atoms with E-state index >= 15 is 0 Å². The van der Waals surface area contributed by atoms with E-state index in [1.807, 2.05) is 0 Å². The van der Waals surface area contributed by atoms with Gasteiger partial charge in [0.1, 0.15) is 0 Å². The molecular weight excluding hydrogens is 236 g/mol. The average molecular weight is 264 g/mol. The lowest BCUT2D eigenvalue weighted by atomic mass is 9.46. The van der Waals surface area contributed by atoms with E-state index in [4.69, 9.17) is 4.74 Å². The first kappa shape index (κ1) is 14.6. The Kier molecular flexibility index (Phi) is 3.57. The normalized spacial score (nSPS) is 41.2. The van der Waals surface area contributed by atoms with Gasteiger partial charge in [0.25, 0.3) is 0 Å². The Hall–Kier alpha value is -0.790. The molecule has 2 aliphatic carbocycles. The summed E-state index contributed by atoms with van der Waals surface area (Å²) in [4.78, 5) is 12.3. The summed E-state index contributed by atoms with van der Waals surface area (Å²) in [6.45, 7) is 11.5. The van der Waals surface area contributed by atoms with Crippen molar-refractivity contribution in [2.75, 3.05) is 7.11 Å². The van der Waals surface area contributed by atoms with Gasteiger partial charge < -0.3 is 4.74 Å². The summed E-state index contributed by atoms with van der Waals surface area (Å²) in [6.07, 6.45) is 5.72. The molecule has 19 heavy (non-hydrogen) atoms. The van der Waals surface area contributed by atoms with Crippen molar-refractivity contribution in [1.29, 1.82) is 0 Å². The summed E-state index contributed by atoms with van der Waals surface area (Å²) in [7, 11) is 1.51. The standard InChI is InChI=1S/C17H28O2/c1-11-7-8-13-16(3,4)12(2)9-10-17(13,5)14(11)15(18)19-6/h7,12-14H,8-10H2,1-6H3. The third-order valence-electron chi connectivity index (χ3n) is 6.31. The number of hydrogen-bond acceptors (Lipinski definition) is 2. The fourth-order valence-corrected chi connectivity index (χ4v) is 4.70. The molecular formula is C17H28O2. The van der Waals surface area contributed by atoms with Gasteiger partial charge in [-0.1, -0.05) is 39.3 Å². The maximum absolute atomic E-state index is 12.3. The Morgan fingerprint density at radius 2 is 2.00 bits per heavy atom. The highest BCUT2D eigenvalue weighted by molar-refractivity contribution is 5.77. The molecule has 0 heterocycles. The molecule has 0 aromatic rings. The second-order valence-corrected chi connectivity index (χ2v) is 7.46. The summed E-state index contributed by atoms with van der Waals surface area (Å²) >= 11 is 0. The molecule has 2 nitrogen and oxygen atoms in total. The first-order chi connectivity index (χ1) is 8.75. The number of esters is 1. The van der Waals surface area contributed by atoms with Gasteiger partial charge in [-0.25, -0.2) is 0 Å². The quantitative estimate of drug-likeness (QED) is 0.524. The van der Waals surface area contributed by atoms with Crippen molar-refractivity contribution >= 4 is 5.97 Å². The summed E-state index contributed by atoms with van der Waals surface area (Å²) in [6, 6.07) is 0. The van der Waals surface area contributed by atoms with E-state index in [0.717, 1.165) is 18.8 Å². The largest absolute Gasteiger partial charge is 0.469 e. The van der Waals surface area contributed by atoms with Gasteiger partial charge in [0, 0.05) is 0 Å². The average Bonchev–Trinajstić information content (AvgIpc) is 2.33. The van der Waals surface area contributed by atoms with Crippen molar-refractivity contribution in [3.05, 3.63) is 11.6 Å². The molecule has 0 aromatic heterocycles. The minimum atomic E-state index is -0.0528. The van der Waals surface area contributed by atoms with Gasteiger partial charge in [0.2, 0.25) is 0 Å². The van der Waals surface area contributed by atoms with Crippen LogP contribution < -0.4 is 0 Å². The first-order valence-corrected chi connectivity index (χ1v) is 7.49. The van der Waals surface area contributed by atoms with Gasteiger partial charge in [0.05, 0.1) is 13.0 Å². The van der Waals surface area contributed by atoms with E-state index in [0.29, 0.717) is 5.92 Å². The van der Waals surface area contributed by atoms with E-state index in [1.165, 1.54) is 19.1 Å². The van der Waals surface area contributed by atoms with Gasteiger partial charge in [-0.15, -0.1) is 0 Å². The predicted octanol–water partition coefficient (Wildman–Crippen LogP) is 4.20. The number of allylic oxidation sites excluding steroid dienone is 1. The van der Waals surface area contributed by atoms with Gasteiger partial charge in [-0.2, -0.15) is 0 Å². The van der Waals surface area contributed by atoms with E-state index in [2.05, 4.69) is 40.7 Å². The van der Waals surface area contributed by atoms with Crippen molar-refractivity contribution < 1.29 is 9.53 Å². The second kappa shape index (κ2) is 4.64. The van der Waals surface area contributed by atoms with Gasteiger partial charge in [-0.3, -0.25) is 4.79 Å². The van der Waals surface area contributed by atoms with E-state index in [1.54, 1.807) is 0 Å². The number of rotatable bonds is 1. The maximum Gasteiger partial charge on any atom is 0.313 e. The molecule has 1 fully saturated rings. The highest BCUT2D eigenvalue weighted by atomic mass is 16.5. The molecule has 0 aromatic carbocycles.